The van der Waals surface area contributed by atoms with Gasteiger partial charge in [0.1, 0.15) is 5.75 Å². The summed E-state index contributed by atoms with van der Waals surface area (Å²) in [6.45, 7) is 6.41. The number of methoxy groups -OCH3 is 1. The lowest BCUT2D eigenvalue weighted by atomic mass is 10.1. The molecule has 0 unspecified atom stereocenters. The molecule has 124 valence electrons. The number of benzene rings is 1. The van der Waals surface area contributed by atoms with Crippen LogP contribution in [0.3, 0.4) is 0 Å². The zero-order chi connectivity index (χ0) is 16.4. The smallest absolute Gasteiger partial charge is 0.349 e. The highest BCUT2D eigenvalue weighted by atomic mass is 16.6. The van der Waals surface area contributed by atoms with Gasteiger partial charge in [-0.1, -0.05) is 18.6 Å². The first-order valence-corrected chi connectivity index (χ1v) is 7.93. The first-order chi connectivity index (χ1) is 10.5. The van der Waals surface area contributed by atoms with E-state index in [1.54, 1.807) is 27.9 Å². The quantitative estimate of drug-likeness (QED) is 0.487. The number of aryl methyl sites for hydroxylation is 1. The number of rotatable bonds is 10. The van der Waals surface area contributed by atoms with Crippen molar-refractivity contribution in [3.8, 4) is 5.75 Å². The molecule has 1 aromatic rings. The molecule has 0 N–H and O–H groups in total. The van der Waals surface area contributed by atoms with Gasteiger partial charge in [0.15, 0.2) is 5.60 Å². The number of unbranched alkanes of at least 4 members (excludes halogenated alkanes) is 2. The summed E-state index contributed by atoms with van der Waals surface area (Å²) < 4.78 is 15.9. The van der Waals surface area contributed by atoms with Gasteiger partial charge in [0, 0.05) is 13.7 Å². The summed E-state index contributed by atoms with van der Waals surface area (Å²) >= 11 is 0. The summed E-state index contributed by atoms with van der Waals surface area (Å²) in [5, 5.41) is 0. The summed E-state index contributed by atoms with van der Waals surface area (Å²) in [7, 11) is 1.73. The molecule has 0 aliphatic carbocycles. The molecule has 0 heterocycles. The van der Waals surface area contributed by atoms with Gasteiger partial charge in [-0.05, 0) is 57.7 Å². The van der Waals surface area contributed by atoms with E-state index in [1.807, 2.05) is 18.2 Å². The zero-order valence-electron chi connectivity index (χ0n) is 14.2. The lowest BCUT2D eigenvalue weighted by Gasteiger charge is -2.24. The molecular formula is C18H28O4. The molecule has 0 aliphatic rings. The molecule has 4 heteroatoms. The van der Waals surface area contributed by atoms with Crippen LogP contribution in [0.2, 0.25) is 0 Å². The van der Waals surface area contributed by atoms with Gasteiger partial charge in [-0.3, -0.25) is 0 Å². The van der Waals surface area contributed by atoms with Gasteiger partial charge in [0.05, 0.1) is 6.61 Å². The molecule has 0 fully saturated rings. The van der Waals surface area contributed by atoms with Gasteiger partial charge < -0.3 is 14.2 Å². The summed E-state index contributed by atoms with van der Waals surface area (Å²) in [5.74, 6) is 0.354. The van der Waals surface area contributed by atoms with Gasteiger partial charge in [-0.2, -0.15) is 0 Å². The predicted molar refractivity (Wildman–Crippen MR) is 87.2 cm³/mol. The predicted octanol–water partition coefficient (Wildman–Crippen LogP) is 3.77. The van der Waals surface area contributed by atoms with Crippen LogP contribution in [0, 0.1) is 0 Å². The van der Waals surface area contributed by atoms with Crippen LogP contribution in [0.1, 0.15) is 45.6 Å². The molecule has 0 aliphatic heterocycles. The van der Waals surface area contributed by atoms with Crippen molar-refractivity contribution in [2.24, 2.45) is 0 Å². The fraction of sp³-hybridized carbons (Fsp3) is 0.611. The van der Waals surface area contributed by atoms with Crippen molar-refractivity contribution in [2.75, 3.05) is 20.3 Å². The minimum atomic E-state index is -0.979. The van der Waals surface area contributed by atoms with E-state index >= 15 is 0 Å². The number of esters is 1. The molecule has 0 spiro atoms. The number of carbonyl (C=O) groups excluding carboxylic acids is 1. The van der Waals surface area contributed by atoms with E-state index in [-0.39, 0.29) is 5.97 Å². The fourth-order valence-corrected chi connectivity index (χ4v) is 2.16. The van der Waals surface area contributed by atoms with Crippen molar-refractivity contribution >= 4 is 5.97 Å². The van der Waals surface area contributed by atoms with Gasteiger partial charge in [0.25, 0.3) is 0 Å². The Balaban J connectivity index is 2.54. The Morgan fingerprint density at radius 3 is 2.64 bits per heavy atom. The van der Waals surface area contributed by atoms with Gasteiger partial charge in [-0.15, -0.1) is 0 Å². The van der Waals surface area contributed by atoms with Crippen molar-refractivity contribution in [1.29, 1.82) is 0 Å². The Morgan fingerprint density at radius 2 is 1.95 bits per heavy atom. The molecular weight excluding hydrogens is 280 g/mol. The Kier molecular flexibility index (Phi) is 7.96. The molecule has 0 aromatic heterocycles. The van der Waals surface area contributed by atoms with Crippen LogP contribution < -0.4 is 4.74 Å². The average Bonchev–Trinajstić information content (AvgIpc) is 2.47. The van der Waals surface area contributed by atoms with E-state index in [0.29, 0.717) is 12.4 Å². The van der Waals surface area contributed by atoms with Crippen LogP contribution in [0.25, 0.3) is 0 Å². The van der Waals surface area contributed by atoms with E-state index in [9.17, 15) is 4.79 Å². The fourth-order valence-electron chi connectivity index (χ4n) is 2.16. The van der Waals surface area contributed by atoms with Gasteiger partial charge in [0.2, 0.25) is 0 Å². The van der Waals surface area contributed by atoms with Crippen LogP contribution in [0.5, 0.6) is 5.75 Å². The molecule has 4 nitrogen and oxygen atoms in total. The monoisotopic (exact) mass is 308 g/mol. The lowest BCUT2D eigenvalue weighted by molar-refractivity contribution is -0.158. The lowest BCUT2D eigenvalue weighted by Crippen LogP contribution is -2.39. The molecule has 1 rings (SSSR count). The second-order valence-electron chi connectivity index (χ2n) is 5.78. The third kappa shape index (κ3) is 6.48. The Bertz CT molecular complexity index is 454. The highest BCUT2D eigenvalue weighted by Gasteiger charge is 2.31. The van der Waals surface area contributed by atoms with Crippen LogP contribution in [-0.2, 0) is 20.7 Å². The highest BCUT2D eigenvalue weighted by molar-refractivity contribution is 5.79. The van der Waals surface area contributed by atoms with Crippen molar-refractivity contribution in [2.45, 2.75) is 52.1 Å². The topological polar surface area (TPSA) is 44.8 Å². The van der Waals surface area contributed by atoms with Crippen molar-refractivity contribution in [3.05, 3.63) is 29.8 Å². The van der Waals surface area contributed by atoms with Gasteiger partial charge >= 0.3 is 5.97 Å². The second kappa shape index (κ2) is 9.46. The van der Waals surface area contributed by atoms with Gasteiger partial charge in [-0.25, -0.2) is 4.79 Å². The zero-order valence-corrected chi connectivity index (χ0v) is 14.2. The van der Waals surface area contributed by atoms with Crippen LogP contribution in [0.4, 0.5) is 0 Å². The summed E-state index contributed by atoms with van der Waals surface area (Å²) in [6.07, 6.45) is 4.35. The van der Waals surface area contributed by atoms with E-state index in [4.69, 9.17) is 14.2 Å². The summed E-state index contributed by atoms with van der Waals surface area (Å²) in [5.41, 5.74) is 0.238. The maximum Gasteiger partial charge on any atom is 0.349 e. The third-order valence-electron chi connectivity index (χ3n) is 3.35. The SMILES string of the molecule is CCOC(=O)C(C)(C)Oc1cccc(CCCCCOC)c1. The highest BCUT2D eigenvalue weighted by Crippen LogP contribution is 2.21. The molecule has 0 bridgehead atoms. The maximum absolute atomic E-state index is 11.9. The normalized spacial score (nSPS) is 11.3. The first-order valence-electron chi connectivity index (χ1n) is 7.93. The molecule has 22 heavy (non-hydrogen) atoms. The number of hydrogen-bond acceptors (Lipinski definition) is 4. The van der Waals surface area contributed by atoms with E-state index in [0.717, 1.165) is 32.3 Å². The van der Waals surface area contributed by atoms with Crippen molar-refractivity contribution < 1.29 is 19.0 Å². The molecule has 1 aromatic carbocycles. The standard InChI is InChI=1S/C18H28O4/c1-5-21-17(19)18(2,3)22-16-12-9-11-15(14-16)10-7-6-8-13-20-4/h9,11-12,14H,5-8,10,13H2,1-4H3. The largest absolute Gasteiger partial charge is 0.476 e. The average molecular weight is 308 g/mol. The Hall–Kier alpha value is -1.55. The van der Waals surface area contributed by atoms with Crippen LogP contribution >= 0.6 is 0 Å². The Labute approximate surface area is 133 Å². The van der Waals surface area contributed by atoms with Crippen LogP contribution in [-0.4, -0.2) is 31.9 Å². The number of ether oxygens (including phenoxy) is 3. The molecule has 0 radical (unpaired) electrons. The third-order valence-corrected chi connectivity index (χ3v) is 3.35. The number of hydrogen-bond donors (Lipinski definition) is 0. The van der Waals surface area contributed by atoms with Crippen molar-refractivity contribution in [3.63, 3.8) is 0 Å². The summed E-state index contributed by atoms with van der Waals surface area (Å²) in [6, 6.07) is 7.91. The summed E-state index contributed by atoms with van der Waals surface area (Å²) in [4.78, 5) is 11.9. The van der Waals surface area contributed by atoms with E-state index < -0.39 is 5.60 Å². The Morgan fingerprint density at radius 1 is 1.18 bits per heavy atom. The molecule has 0 amide bonds. The minimum absolute atomic E-state index is 0.347. The first kappa shape index (κ1) is 18.5. The molecule has 0 saturated heterocycles. The second-order valence-corrected chi connectivity index (χ2v) is 5.78. The minimum Gasteiger partial charge on any atom is -0.476 e. The van der Waals surface area contributed by atoms with Crippen LogP contribution in [0.15, 0.2) is 24.3 Å². The maximum atomic E-state index is 11.9. The van der Waals surface area contributed by atoms with E-state index in [2.05, 4.69) is 6.07 Å². The molecule has 0 atom stereocenters. The van der Waals surface area contributed by atoms with E-state index in [1.165, 1.54) is 5.56 Å². The number of carbonyl (C=O) groups is 1. The molecule has 0 saturated carbocycles. The van der Waals surface area contributed by atoms with Crippen molar-refractivity contribution in [1.82, 2.24) is 0 Å².